The van der Waals surface area contributed by atoms with Crippen molar-refractivity contribution in [2.75, 3.05) is 19.8 Å². The van der Waals surface area contributed by atoms with Gasteiger partial charge in [0.2, 0.25) is 0 Å². The third-order valence-electron chi connectivity index (χ3n) is 3.12. The number of carbonyl (C=O) groups excluding carboxylic acids is 1. The van der Waals surface area contributed by atoms with Crippen molar-refractivity contribution < 1.29 is 19.4 Å². The van der Waals surface area contributed by atoms with Gasteiger partial charge in [-0.1, -0.05) is 35.4 Å². The standard InChI is InChI=1S/C10H14O2.C10H12O2/c2*1-9-3-5-10(6-4-9)12-8-2-7-11/h3-6,11H,2,7-8H2,1H3;3-7H,2,8H2,1H3. The van der Waals surface area contributed by atoms with Gasteiger partial charge >= 0.3 is 0 Å². The Morgan fingerprint density at radius 1 is 0.833 bits per heavy atom. The van der Waals surface area contributed by atoms with Crippen LogP contribution in [0.4, 0.5) is 0 Å². The number of carbonyl (C=O) groups is 1. The van der Waals surface area contributed by atoms with Crippen LogP contribution in [0.25, 0.3) is 0 Å². The topological polar surface area (TPSA) is 55.8 Å². The summed E-state index contributed by atoms with van der Waals surface area (Å²) in [4.78, 5) is 9.97. The van der Waals surface area contributed by atoms with E-state index in [0.717, 1.165) is 17.8 Å². The lowest BCUT2D eigenvalue weighted by Crippen LogP contribution is -1.99. The summed E-state index contributed by atoms with van der Waals surface area (Å²) < 4.78 is 10.6. The molecular weight excluding hydrogens is 304 g/mol. The molecule has 0 amide bonds. The third kappa shape index (κ3) is 8.96. The zero-order chi connectivity index (χ0) is 17.6. The van der Waals surface area contributed by atoms with Crippen molar-refractivity contribution in [3.63, 3.8) is 0 Å². The van der Waals surface area contributed by atoms with Gasteiger partial charge in [-0.3, -0.25) is 0 Å². The van der Waals surface area contributed by atoms with Gasteiger partial charge in [0.15, 0.2) is 0 Å². The summed E-state index contributed by atoms with van der Waals surface area (Å²) in [5.74, 6) is 1.69. The van der Waals surface area contributed by atoms with E-state index in [4.69, 9.17) is 14.6 Å². The molecule has 2 aromatic rings. The van der Waals surface area contributed by atoms with Crippen molar-refractivity contribution in [3.05, 3.63) is 59.7 Å². The van der Waals surface area contributed by atoms with E-state index in [1.54, 1.807) is 0 Å². The zero-order valence-corrected chi connectivity index (χ0v) is 14.4. The van der Waals surface area contributed by atoms with Crippen molar-refractivity contribution in [1.82, 2.24) is 0 Å². The van der Waals surface area contributed by atoms with Crippen LogP contribution in [0.3, 0.4) is 0 Å². The van der Waals surface area contributed by atoms with Gasteiger partial charge in [0.25, 0.3) is 0 Å². The molecule has 130 valence electrons. The first-order valence-corrected chi connectivity index (χ1v) is 8.09. The maximum Gasteiger partial charge on any atom is 0.123 e. The number of aldehydes is 1. The Bertz CT molecular complexity index is 561. The van der Waals surface area contributed by atoms with Crippen LogP contribution in [-0.4, -0.2) is 31.2 Å². The van der Waals surface area contributed by atoms with Gasteiger partial charge in [-0.25, -0.2) is 0 Å². The highest BCUT2D eigenvalue weighted by Crippen LogP contribution is 2.11. The molecule has 24 heavy (non-hydrogen) atoms. The average Bonchev–Trinajstić information content (AvgIpc) is 2.59. The van der Waals surface area contributed by atoms with Gasteiger partial charge in [-0.15, -0.1) is 0 Å². The number of rotatable bonds is 8. The molecule has 0 aromatic heterocycles. The second kappa shape index (κ2) is 12.1. The number of hydrogen-bond donors (Lipinski definition) is 1. The minimum absolute atomic E-state index is 0.186. The fourth-order valence-electron chi connectivity index (χ4n) is 1.75. The van der Waals surface area contributed by atoms with Crippen LogP contribution in [0.1, 0.15) is 24.0 Å². The van der Waals surface area contributed by atoms with Gasteiger partial charge in [-0.2, -0.15) is 0 Å². The highest BCUT2D eigenvalue weighted by molar-refractivity contribution is 5.49. The lowest BCUT2D eigenvalue weighted by Gasteiger charge is -2.04. The number of benzene rings is 2. The zero-order valence-electron chi connectivity index (χ0n) is 14.4. The van der Waals surface area contributed by atoms with Crippen molar-refractivity contribution in [2.24, 2.45) is 0 Å². The Morgan fingerprint density at radius 3 is 1.71 bits per heavy atom. The molecule has 0 aliphatic rings. The molecule has 0 aliphatic heterocycles. The van der Waals surface area contributed by atoms with Crippen molar-refractivity contribution in [3.8, 4) is 11.5 Å². The van der Waals surface area contributed by atoms with Gasteiger partial charge in [-0.05, 0) is 38.1 Å². The molecule has 0 atom stereocenters. The fraction of sp³-hybridized carbons (Fsp3) is 0.350. The van der Waals surface area contributed by atoms with Crippen LogP contribution in [0.2, 0.25) is 0 Å². The van der Waals surface area contributed by atoms with Crippen LogP contribution in [0.5, 0.6) is 11.5 Å². The van der Waals surface area contributed by atoms with Crippen LogP contribution in [-0.2, 0) is 4.79 Å². The van der Waals surface area contributed by atoms with E-state index in [9.17, 15) is 4.79 Å². The Labute approximate surface area is 144 Å². The Hall–Kier alpha value is -2.33. The molecule has 4 nitrogen and oxygen atoms in total. The lowest BCUT2D eigenvalue weighted by molar-refractivity contribution is -0.108. The van der Waals surface area contributed by atoms with Crippen LogP contribution < -0.4 is 9.47 Å². The first kappa shape index (κ1) is 19.7. The molecule has 1 N–H and O–H groups in total. The highest BCUT2D eigenvalue weighted by Gasteiger charge is 1.92. The second-order valence-electron chi connectivity index (χ2n) is 5.36. The summed E-state index contributed by atoms with van der Waals surface area (Å²) in [6.07, 6.45) is 2.00. The quantitative estimate of drug-likeness (QED) is 0.592. The SMILES string of the molecule is Cc1ccc(OCCC=O)cc1.Cc1ccc(OCCCO)cc1. The number of aliphatic hydroxyl groups is 1. The van der Waals surface area contributed by atoms with Crippen LogP contribution >= 0.6 is 0 Å². The summed E-state index contributed by atoms with van der Waals surface area (Å²) in [6, 6.07) is 15.7. The number of aryl methyl sites for hydroxylation is 2. The normalized spacial score (nSPS) is 9.62. The summed E-state index contributed by atoms with van der Waals surface area (Å²) >= 11 is 0. The van der Waals surface area contributed by atoms with E-state index >= 15 is 0 Å². The monoisotopic (exact) mass is 330 g/mol. The van der Waals surface area contributed by atoms with Gasteiger partial charge in [0.1, 0.15) is 17.8 Å². The van der Waals surface area contributed by atoms with Crippen LogP contribution in [0.15, 0.2) is 48.5 Å². The van der Waals surface area contributed by atoms with Crippen LogP contribution in [0, 0.1) is 13.8 Å². The molecule has 2 rings (SSSR count). The fourth-order valence-corrected chi connectivity index (χ4v) is 1.75. The summed E-state index contributed by atoms with van der Waals surface area (Å²) in [5.41, 5.74) is 2.43. The smallest absolute Gasteiger partial charge is 0.123 e. The van der Waals surface area contributed by atoms with Gasteiger partial charge < -0.3 is 19.4 Å². The Kier molecular flexibility index (Phi) is 9.97. The molecule has 0 spiro atoms. The van der Waals surface area contributed by atoms with Gasteiger partial charge in [0.05, 0.1) is 13.2 Å². The molecule has 0 saturated heterocycles. The molecular formula is C20H26O4. The first-order valence-electron chi connectivity index (χ1n) is 8.09. The van der Waals surface area contributed by atoms with E-state index in [1.807, 2.05) is 62.4 Å². The molecule has 2 aromatic carbocycles. The van der Waals surface area contributed by atoms with Crippen molar-refractivity contribution in [1.29, 1.82) is 0 Å². The second-order valence-corrected chi connectivity index (χ2v) is 5.36. The maximum atomic E-state index is 9.97. The molecule has 0 fully saturated rings. The number of hydrogen-bond acceptors (Lipinski definition) is 4. The number of aliphatic hydroxyl groups excluding tert-OH is 1. The summed E-state index contributed by atoms with van der Waals surface area (Å²) in [7, 11) is 0. The Morgan fingerprint density at radius 2 is 1.29 bits per heavy atom. The summed E-state index contributed by atoms with van der Waals surface area (Å²) in [6.45, 7) is 5.30. The van der Waals surface area contributed by atoms with Crippen molar-refractivity contribution in [2.45, 2.75) is 26.7 Å². The molecule has 4 heteroatoms. The highest BCUT2D eigenvalue weighted by atomic mass is 16.5. The first-order chi connectivity index (χ1) is 11.7. The maximum absolute atomic E-state index is 9.97. The molecule has 0 unspecified atom stereocenters. The molecule has 0 radical (unpaired) electrons. The molecule has 0 saturated carbocycles. The predicted molar refractivity (Wildman–Crippen MR) is 95.7 cm³/mol. The number of ether oxygens (including phenoxy) is 2. The molecule has 0 heterocycles. The Balaban J connectivity index is 0.000000240. The molecule has 0 bridgehead atoms. The van der Waals surface area contributed by atoms with Crippen molar-refractivity contribution >= 4 is 6.29 Å². The van der Waals surface area contributed by atoms with E-state index in [2.05, 4.69) is 0 Å². The van der Waals surface area contributed by atoms with E-state index < -0.39 is 0 Å². The van der Waals surface area contributed by atoms with E-state index in [1.165, 1.54) is 11.1 Å². The molecule has 0 aliphatic carbocycles. The third-order valence-corrected chi connectivity index (χ3v) is 3.12. The van der Waals surface area contributed by atoms with E-state index in [0.29, 0.717) is 26.1 Å². The average molecular weight is 330 g/mol. The summed E-state index contributed by atoms with van der Waals surface area (Å²) in [5, 5.41) is 8.51. The van der Waals surface area contributed by atoms with E-state index in [-0.39, 0.29) is 6.61 Å². The minimum atomic E-state index is 0.186. The largest absolute Gasteiger partial charge is 0.494 e. The lowest BCUT2D eigenvalue weighted by atomic mass is 10.2. The predicted octanol–water partition coefficient (Wildman–Crippen LogP) is 3.72. The minimum Gasteiger partial charge on any atom is -0.494 e. The van der Waals surface area contributed by atoms with Gasteiger partial charge in [0, 0.05) is 19.4 Å².